The maximum absolute atomic E-state index is 12.7. The van der Waals surface area contributed by atoms with E-state index in [1.54, 1.807) is 47.7 Å². The van der Waals surface area contributed by atoms with Crippen molar-refractivity contribution in [1.82, 2.24) is 5.32 Å². The predicted octanol–water partition coefficient (Wildman–Crippen LogP) is 3.92. The average Bonchev–Trinajstić information content (AvgIpc) is 3.23. The zero-order valence-corrected chi connectivity index (χ0v) is 17.6. The van der Waals surface area contributed by atoms with Crippen molar-refractivity contribution < 1.29 is 17.9 Å². The Balaban J connectivity index is 1.65. The molecule has 3 aromatic rings. The van der Waals surface area contributed by atoms with Crippen molar-refractivity contribution in [2.75, 3.05) is 17.9 Å². The molecule has 8 heteroatoms. The monoisotopic (exact) mass is 430 g/mol. The van der Waals surface area contributed by atoms with Gasteiger partial charge in [0.2, 0.25) is 0 Å². The van der Waals surface area contributed by atoms with Crippen LogP contribution in [-0.4, -0.2) is 27.5 Å². The molecule has 3 rings (SSSR count). The number of anilines is 1. The summed E-state index contributed by atoms with van der Waals surface area (Å²) in [7, 11) is -3.82. The predicted molar refractivity (Wildman–Crippen MR) is 115 cm³/mol. The van der Waals surface area contributed by atoms with E-state index < -0.39 is 10.0 Å². The molecule has 1 amide bonds. The third-order valence-electron chi connectivity index (χ3n) is 4.06. The number of sulfonamides is 1. The van der Waals surface area contributed by atoms with E-state index >= 15 is 0 Å². The molecule has 2 aromatic carbocycles. The molecule has 0 saturated carbocycles. The zero-order valence-electron chi connectivity index (χ0n) is 15.9. The number of amides is 1. The number of thiophene rings is 1. The van der Waals surface area contributed by atoms with Gasteiger partial charge in [-0.3, -0.25) is 9.52 Å². The van der Waals surface area contributed by atoms with Crippen LogP contribution in [0.4, 0.5) is 5.69 Å². The second kappa shape index (κ2) is 9.58. The first-order valence-electron chi connectivity index (χ1n) is 9.14. The lowest BCUT2D eigenvalue weighted by atomic mass is 10.2. The highest BCUT2D eigenvalue weighted by atomic mass is 32.2. The van der Waals surface area contributed by atoms with Crippen molar-refractivity contribution in [1.29, 1.82) is 0 Å². The Kier molecular flexibility index (Phi) is 6.90. The van der Waals surface area contributed by atoms with Crippen LogP contribution in [0.3, 0.4) is 0 Å². The van der Waals surface area contributed by atoms with Gasteiger partial charge in [-0.1, -0.05) is 12.1 Å². The van der Waals surface area contributed by atoms with Gasteiger partial charge in [0, 0.05) is 22.7 Å². The van der Waals surface area contributed by atoms with Crippen LogP contribution >= 0.6 is 11.3 Å². The highest BCUT2D eigenvalue weighted by Crippen LogP contribution is 2.20. The van der Waals surface area contributed by atoms with Gasteiger partial charge in [-0.15, -0.1) is 11.3 Å². The van der Waals surface area contributed by atoms with Crippen molar-refractivity contribution in [2.45, 2.75) is 18.2 Å². The molecule has 29 heavy (non-hydrogen) atoms. The maximum atomic E-state index is 12.7. The molecule has 0 bridgehead atoms. The maximum Gasteiger partial charge on any atom is 0.261 e. The second-order valence-corrected chi connectivity index (χ2v) is 8.89. The topological polar surface area (TPSA) is 84.5 Å². The van der Waals surface area contributed by atoms with Crippen molar-refractivity contribution in [3.8, 4) is 5.75 Å². The number of nitrogens with one attached hydrogen (secondary N) is 2. The number of carbonyl (C=O) groups excluding carboxylic acids is 1. The minimum atomic E-state index is -3.82. The minimum absolute atomic E-state index is 0.0253. The summed E-state index contributed by atoms with van der Waals surface area (Å²) >= 11 is 1.63. The van der Waals surface area contributed by atoms with E-state index in [1.165, 1.54) is 17.0 Å². The molecule has 6 nitrogen and oxygen atoms in total. The fourth-order valence-electron chi connectivity index (χ4n) is 2.66. The van der Waals surface area contributed by atoms with Crippen LogP contribution in [0.15, 0.2) is 70.9 Å². The van der Waals surface area contributed by atoms with Crippen LogP contribution in [0.5, 0.6) is 5.75 Å². The number of hydrogen-bond donors (Lipinski definition) is 2. The largest absolute Gasteiger partial charge is 0.494 e. The summed E-state index contributed by atoms with van der Waals surface area (Å²) in [4.78, 5) is 13.6. The van der Waals surface area contributed by atoms with Crippen molar-refractivity contribution >= 4 is 33.0 Å². The van der Waals surface area contributed by atoms with Gasteiger partial charge >= 0.3 is 0 Å². The summed E-state index contributed by atoms with van der Waals surface area (Å²) in [6.07, 6.45) is 0.737. The Labute approximate surface area is 174 Å². The number of ether oxygens (including phenoxy) is 1. The summed E-state index contributed by atoms with van der Waals surface area (Å²) in [6, 6.07) is 16.6. The van der Waals surface area contributed by atoms with E-state index in [-0.39, 0.29) is 10.8 Å². The van der Waals surface area contributed by atoms with E-state index in [9.17, 15) is 13.2 Å². The SMILES string of the molecule is CCOc1ccc(NS(=O)(=O)c2cccc(C(=O)NCCc3cccs3)c2)cc1. The highest BCUT2D eigenvalue weighted by molar-refractivity contribution is 7.92. The van der Waals surface area contributed by atoms with Crippen molar-refractivity contribution in [3.63, 3.8) is 0 Å². The molecule has 152 valence electrons. The number of rotatable bonds is 9. The molecular formula is C21H22N2O4S2. The third-order valence-corrected chi connectivity index (χ3v) is 6.38. The lowest BCUT2D eigenvalue weighted by Crippen LogP contribution is -2.25. The van der Waals surface area contributed by atoms with Crippen LogP contribution in [0, 0.1) is 0 Å². The van der Waals surface area contributed by atoms with E-state index in [2.05, 4.69) is 10.0 Å². The minimum Gasteiger partial charge on any atom is -0.494 e. The summed E-state index contributed by atoms with van der Waals surface area (Å²) in [6.45, 7) is 2.90. The molecule has 2 N–H and O–H groups in total. The lowest BCUT2D eigenvalue weighted by Gasteiger charge is -2.10. The first kappa shape index (κ1) is 20.9. The van der Waals surface area contributed by atoms with E-state index in [4.69, 9.17) is 4.74 Å². The zero-order chi connectivity index (χ0) is 20.7. The first-order valence-corrected chi connectivity index (χ1v) is 11.5. The Morgan fingerprint density at radius 2 is 1.86 bits per heavy atom. The molecule has 0 atom stereocenters. The van der Waals surface area contributed by atoms with Crippen LogP contribution in [0.2, 0.25) is 0 Å². The van der Waals surface area contributed by atoms with Crippen LogP contribution in [0.1, 0.15) is 22.2 Å². The normalized spacial score (nSPS) is 11.1. The molecule has 0 radical (unpaired) electrons. The Morgan fingerprint density at radius 3 is 2.55 bits per heavy atom. The molecule has 0 fully saturated rings. The van der Waals surface area contributed by atoms with Gasteiger partial charge in [-0.25, -0.2) is 8.42 Å². The van der Waals surface area contributed by atoms with Gasteiger partial charge in [0.05, 0.1) is 11.5 Å². The van der Waals surface area contributed by atoms with Crippen LogP contribution < -0.4 is 14.8 Å². The number of hydrogen-bond acceptors (Lipinski definition) is 5. The third kappa shape index (κ3) is 5.82. The average molecular weight is 431 g/mol. The van der Waals surface area contributed by atoms with Crippen molar-refractivity contribution in [2.24, 2.45) is 0 Å². The molecule has 0 aliphatic rings. The van der Waals surface area contributed by atoms with Gasteiger partial charge in [0.1, 0.15) is 5.75 Å². The molecule has 0 saturated heterocycles. The Hall–Kier alpha value is -2.84. The molecule has 0 aliphatic carbocycles. The summed E-state index contributed by atoms with van der Waals surface area (Å²) in [5.74, 6) is 0.358. The van der Waals surface area contributed by atoms with Gasteiger partial charge in [0.15, 0.2) is 0 Å². The van der Waals surface area contributed by atoms with Crippen LogP contribution in [-0.2, 0) is 16.4 Å². The summed E-state index contributed by atoms with van der Waals surface area (Å²) in [5.41, 5.74) is 0.713. The quantitative estimate of drug-likeness (QED) is 0.539. The smallest absolute Gasteiger partial charge is 0.261 e. The molecule has 0 spiro atoms. The number of benzene rings is 2. The van der Waals surface area contributed by atoms with Gasteiger partial charge in [0.25, 0.3) is 15.9 Å². The second-order valence-electron chi connectivity index (χ2n) is 6.18. The molecule has 0 aliphatic heterocycles. The first-order chi connectivity index (χ1) is 14.0. The molecule has 0 unspecified atom stereocenters. The van der Waals surface area contributed by atoms with E-state index in [0.717, 1.165) is 6.42 Å². The molecular weight excluding hydrogens is 408 g/mol. The van der Waals surface area contributed by atoms with Gasteiger partial charge in [-0.2, -0.15) is 0 Å². The highest BCUT2D eigenvalue weighted by Gasteiger charge is 2.16. The standard InChI is InChI=1S/C21H22N2O4S2/c1-2-27-18-10-8-17(9-11-18)23-29(25,26)20-7-3-5-16(15-20)21(24)22-13-12-19-6-4-14-28-19/h3-11,14-15,23H,2,12-13H2,1H3,(H,22,24). The molecule has 1 aromatic heterocycles. The van der Waals surface area contributed by atoms with Gasteiger partial charge < -0.3 is 10.1 Å². The Bertz CT molecular complexity index is 1050. The molecule has 1 heterocycles. The van der Waals surface area contributed by atoms with Crippen LogP contribution in [0.25, 0.3) is 0 Å². The van der Waals surface area contributed by atoms with Crippen molar-refractivity contribution in [3.05, 3.63) is 76.5 Å². The van der Waals surface area contributed by atoms with Gasteiger partial charge in [-0.05, 0) is 67.3 Å². The summed E-state index contributed by atoms with van der Waals surface area (Å²) < 4.78 is 33.2. The fourth-order valence-corrected chi connectivity index (χ4v) is 4.47. The number of carbonyl (C=O) groups is 1. The van der Waals surface area contributed by atoms with E-state index in [1.807, 2.05) is 24.4 Å². The Morgan fingerprint density at radius 1 is 1.07 bits per heavy atom. The lowest BCUT2D eigenvalue weighted by molar-refractivity contribution is 0.0954. The van der Waals surface area contributed by atoms with E-state index in [0.29, 0.717) is 30.2 Å². The summed E-state index contributed by atoms with van der Waals surface area (Å²) in [5, 5.41) is 4.81. The fraction of sp³-hybridized carbons (Fsp3) is 0.190.